The van der Waals surface area contributed by atoms with Crippen LogP contribution in [0.4, 0.5) is 18.9 Å². The van der Waals surface area contributed by atoms with Crippen LogP contribution in [-0.2, 0) is 0 Å². The number of fused-ring (bicyclic) bond motifs is 1. The maximum Gasteiger partial charge on any atom is 0.395 e. The summed E-state index contributed by atoms with van der Waals surface area (Å²) in [5, 5.41) is 15.3. The molecule has 1 unspecified atom stereocenters. The standard InChI is InChI=1S/C28H30F3N7.C2H5N/c1-17(21-7-10-37-27(12-21)26(15-35-37)18(2)28(29,30)31)25-11-22(13-33-20(25)4)19(3)36-23-14-34-38(16-23)24-5-8-32-9-6-24;1-2-3/h7,10-16,18,24,32,36H,1,3,5-6,8-9H2,2,4H3;2H,1,3H2. The van der Waals surface area contributed by atoms with Crippen LogP contribution in [0.5, 0.6) is 0 Å². The molecule has 0 radical (unpaired) electrons. The smallest absolute Gasteiger partial charge is 0.395 e. The van der Waals surface area contributed by atoms with Crippen LogP contribution in [0.3, 0.4) is 0 Å². The van der Waals surface area contributed by atoms with E-state index in [1.807, 2.05) is 23.9 Å². The van der Waals surface area contributed by atoms with Crippen LogP contribution in [0.1, 0.15) is 59.7 Å². The second-order valence-electron chi connectivity index (χ2n) is 9.97. The first kappa shape index (κ1) is 29.6. The molecule has 0 bridgehead atoms. The molecule has 5 heterocycles. The molecule has 1 atom stereocenters. The third kappa shape index (κ3) is 6.68. The molecule has 0 amide bonds. The number of piperidine rings is 1. The van der Waals surface area contributed by atoms with Crippen LogP contribution in [0, 0.1) is 6.92 Å². The maximum atomic E-state index is 13.4. The highest BCUT2D eigenvalue weighted by molar-refractivity contribution is 5.84. The number of nitrogens with zero attached hydrogens (tertiary/aromatic N) is 5. The number of nitrogens with two attached hydrogens (primary N) is 1. The summed E-state index contributed by atoms with van der Waals surface area (Å²) in [5.74, 6) is -1.64. The van der Waals surface area contributed by atoms with Gasteiger partial charge < -0.3 is 16.4 Å². The van der Waals surface area contributed by atoms with Crippen LogP contribution in [0.2, 0.25) is 0 Å². The van der Waals surface area contributed by atoms with E-state index in [2.05, 4.69) is 51.3 Å². The van der Waals surface area contributed by atoms with Crippen LogP contribution < -0.4 is 16.4 Å². The summed E-state index contributed by atoms with van der Waals surface area (Å²) in [6, 6.07) is 5.81. The van der Waals surface area contributed by atoms with Gasteiger partial charge in [0, 0.05) is 46.7 Å². The summed E-state index contributed by atoms with van der Waals surface area (Å²) in [5.41, 5.74) is 10.3. The van der Waals surface area contributed by atoms with Crippen LogP contribution >= 0.6 is 0 Å². The van der Waals surface area contributed by atoms with Crippen molar-refractivity contribution in [2.75, 3.05) is 18.4 Å². The lowest BCUT2D eigenvalue weighted by Gasteiger charge is -2.22. The Labute approximate surface area is 237 Å². The lowest BCUT2D eigenvalue weighted by molar-refractivity contribution is -0.146. The van der Waals surface area contributed by atoms with Gasteiger partial charge in [-0.05, 0) is 75.3 Å². The molecule has 1 aliphatic rings. The van der Waals surface area contributed by atoms with Gasteiger partial charge in [0.25, 0.3) is 0 Å². The molecule has 0 aromatic carbocycles. The Morgan fingerprint density at radius 3 is 2.54 bits per heavy atom. The van der Waals surface area contributed by atoms with Gasteiger partial charge in [0.15, 0.2) is 0 Å². The fourth-order valence-electron chi connectivity index (χ4n) is 4.78. The van der Waals surface area contributed by atoms with E-state index >= 15 is 0 Å². The van der Waals surface area contributed by atoms with Crippen molar-refractivity contribution in [3.8, 4) is 0 Å². The first-order valence-corrected chi connectivity index (χ1v) is 13.3. The van der Waals surface area contributed by atoms with E-state index in [1.54, 1.807) is 30.7 Å². The molecule has 41 heavy (non-hydrogen) atoms. The molecule has 1 aliphatic heterocycles. The van der Waals surface area contributed by atoms with Gasteiger partial charge in [0.1, 0.15) is 0 Å². The second-order valence-corrected chi connectivity index (χ2v) is 9.97. The first-order chi connectivity index (χ1) is 19.5. The zero-order valence-electron chi connectivity index (χ0n) is 23.2. The highest BCUT2D eigenvalue weighted by atomic mass is 19.4. The van der Waals surface area contributed by atoms with Gasteiger partial charge >= 0.3 is 6.18 Å². The second kappa shape index (κ2) is 12.4. The zero-order chi connectivity index (χ0) is 29.7. The third-order valence-corrected chi connectivity index (χ3v) is 7.20. The fraction of sp³-hybridized carbons (Fsp3) is 0.300. The van der Waals surface area contributed by atoms with Crippen molar-refractivity contribution in [3.63, 3.8) is 0 Å². The predicted molar refractivity (Wildman–Crippen MR) is 157 cm³/mol. The Balaban J connectivity index is 0.00000124. The Morgan fingerprint density at radius 2 is 1.85 bits per heavy atom. The number of aryl methyl sites for hydroxylation is 1. The summed E-state index contributed by atoms with van der Waals surface area (Å²) in [7, 11) is 0. The van der Waals surface area contributed by atoms with Crippen molar-refractivity contribution in [1.29, 1.82) is 0 Å². The maximum absolute atomic E-state index is 13.4. The lowest BCUT2D eigenvalue weighted by Crippen LogP contribution is -2.29. The monoisotopic (exact) mass is 564 g/mol. The summed E-state index contributed by atoms with van der Waals surface area (Å²) in [4.78, 5) is 4.54. The van der Waals surface area contributed by atoms with Gasteiger partial charge in [0.05, 0.1) is 35.6 Å². The molecule has 5 rings (SSSR count). The molecular weight excluding hydrogens is 529 g/mol. The first-order valence-electron chi connectivity index (χ1n) is 13.3. The average molecular weight is 565 g/mol. The van der Waals surface area contributed by atoms with Crippen LogP contribution in [0.25, 0.3) is 16.8 Å². The van der Waals surface area contributed by atoms with Crippen molar-refractivity contribution >= 4 is 22.5 Å². The number of hydrogen-bond acceptors (Lipinski definition) is 6. The number of alkyl halides is 3. The number of rotatable bonds is 7. The minimum atomic E-state index is -4.36. The van der Waals surface area contributed by atoms with Crippen molar-refractivity contribution < 1.29 is 13.2 Å². The summed E-state index contributed by atoms with van der Waals surface area (Å²) < 4.78 is 43.7. The molecule has 4 aromatic heterocycles. The van der Waals surface area contributed by atoms with E-state index in [0.29, 0.717) is 28.4 Å². The van der Waals surface area contributed by atoms with Crippen molar-refractivity contribution in [3.05, 3.63) is 103 Å². The molecule has 4 aromatic rings. The third-order valence-electron chi connectivity index (χ3n) is 7.20. The molecule has 8 nitrogen and oxygen atoms in total. The average Bonchev–Trinajstić information content (AvgIpc) is 3.60. The number of hydrogen-bond donors (Lipinski definition) is 3. The van der Waals surface area contributed by atoms with E-state index in [-0.39, 0.29) is 5.56 Å². The summed E-state index contributed by atoms with van der Waals surface area (Å²) >= 11 is 0. The SMILES string of the molecule is C=C(Nc1cnn(C2CCNCC2)c1)c1cnc(C)c(C(=C)c2ccn3ncc(C(C)C(F)(F)F)c3c2)c1.C=CN. The summed E-state index contributed by atoms with van der Waals surface area (Å²) in [6.07, 6.45) is 7.41. The molecule has 0 spiro atoms. The largest absolute Gasteiger partial charge is 0.405 e. The normalized spacial score (nSPS) is 14.7. The number of anilines is 1. The quantitative estimate of drug-likeness (QED) is 0.253. The molecule has 0 saturated carbocycles. The number of pyridine rings is 2. The van der Waals surface area contributed by atoms with E-state index in [9.17, 15) is 13.2 Å². The van der Waals surface area contributed by atoms with Gasteiger partial charge in [-0.15, -0.1) is 0 Å². The van der Waals surface area contributed by atoms with Gasteiger partial charge in [-0.25, -0.2) is 4.52 Å². The number of halogens is 3. The van der Waals surface area contributed by atoms with Crippen LogP contribution in [0.15, 0.2) is 75.1 Å². The highest BCUT2D eigenvalue weighted by Crippen LogP contribution is 2.37. The van der Waals surface area contributed by atoms with Gasteiger partial charge in [-0.3, -0.25) is 9.67 Å². The topological polar surface area (TPSA) is 98.1 Å². The molecule has 0 aliphatic carbocycles. The fourth-order valence-corrected chi connectivity index (χ4v) is 4.78. The van der Waals surface area contributed by atoms with Crippen molar-refractivity contribution in [1.82, 2.24) is 29.7 Å². The minimum Gasteiger partial charge on any atom is -0.405 e. The highest BCUT2D eigenvalue weighted by Gasteiger charge is 2.38. The molecule has 1 fully saturated rings. The van der Waals surface area contributed by atoms with Gasteiger partial charge in [-0.2, -0.15) is 23.4 Å². The number of aromatic nitrogens is 5. The summed E-state index contributed by atoms with van der Waals surface area (Å²) in [6.45, 7) is 16.6. The van der Waals surface area contributed by atoms with Gasteiger partial charge in [0.2, 0.25) is 0 Å². The zero-order valence-corrected chi connectivity index (χ0v) is 23.2. The Morgan fingerprint density at radius 1 is 1.15 bits per heavy atom. The van der Waals surface area contributed by atoms with Crippen LogP contribution in [-0.4, -0.2) is 43.6 Å². The minimum absolute atomic E-state index is 0.123. The number of nitrogens with one attached hydrogen (secondary N) is 2. The Kier molecular flexibility index (Phi) is 8.97. The van der Waals surface area contributed by atoms with E-state index in [4.69, 9.17) is 0 Å². The Bertz CT molecular complexity index is 1540. The van der Waals surface area contributed by atoms with E-state index < -0.39 is 12.1 Å². The lowest BCUT2D eigenvalue weighted by atomic mass is 9.95. The molecule has 4 N–H and O–H groups in total. The van der Waals surface area contributed by atoms with E-state index in [1.165, 1.54) is 16.9 Å². The van der Waals surface area contributed by atoms with Crippen molar-refractivity contribution in [2.24, 2.45) is 5.73 Å². The van der Waals surface area contributed by atoms with Gasteiger partial charge in [-0.1, -0.05) is 19.7 Å². The predicted octanol–water partition coefficient (Wildman–Crippen LogP) is 6.06. The van der Waals surface area contributed by atoms with E-state index in [0.717, 1.165) is 55.4 Å². The molecular formula is C30H35F3N8. The Hall–Kier alpha value is -4.38. The molecule has 1 saturated heterocycles. The molecule has 216 valence electrons. The van der Waals surface area contributed by atoms with Crippen molar-refractivity contribution in [2.45, 2.75) is 44.8 Å². The molecule has 11 heteroatoms.